The summed E-state index contributed by atoms with van der Waals surface area (Å²) in [6, 6.07) is 7.55. The molecule has 2 aromatic heterocycles. The summed E-state index contributed by atoms with van der Waals surface area (Å²) in [5.74, 6) is 0.625. The Labute approximate surface area is 197 Å². The Kier molecular flexibility index (Phi) is 6.52. The molecular formula is C26H29N3O5. The van der Waals surface area contributed by atoms with Crippen LogP contribution in [-0.2, 0) is 39.3 Å². The van der Waals surface area contributed by atoms with Crippen molar-refractivity contribution in [2.75, 3.05) is 13.8 Å². The molecule has 8 heteroatoms. The van der Waals surface area contributed by atoms with E-state index in [0.717, 1.165) is 46.1 Å². The monoisotopic (exact) mass is 463 g/mol. The molecule has 0 fully saturated rings. The van der Waals surface area contributed by atoms with Crippen LogP contribution in [0.15, 0.2) is 29.1 Å². The number of fused-ring (bicyclic) bond motifs is 4. The number of hydrogen-bond acceptors (Lipinski definition) is 6. The van der Waals surface area contributed by atoms with E-state index in [9.17, 15) is 14.4 Å². The third-order valence-electron chi connectivity index (χ3n) is 6.79. The zero-order valence-electron chi connectivity index (χ0n) is 19.9. The number of aryl methyl sites for hydroxylation is 1. The fourth-order valence-electron chi connectivity index (χ4n) is 4.71. The van der Waals surface area contributed by atoms with Gasteiger partial charge in [0.15, 0.2) is 6.73 Å². The van der Waals surface area contributed by atoms with E-state index in [1.54, 1.807) is 11.7 Å². The highest BCUT2D eigenvalue weighted by atomic mass is 16.5. The molecule has 1 aromatic carbocycles. The van der Waals surface area contributed by atoms with Gasteiger partial charge in [0, 0.05) is 29.0 Å². The molecule has 3 aromatic rings. The Bertz CT molecular complexity index is 1330. The van der Waals surface area contributed by atoms with E-state index in [4.69, 9.17) is 14.5 Å². The van der Waals surface area contributed by atoms with Gasteiger partial charge in [0.05, 0.1) is 30.1 Å². The summed E-state index contributed by atoms with van der Waals surface area (Å²) < 4.78 is 12.7. The molecule has 0 aliphatic carbocycles. The number of methoxy groups -OCH3 is 1. The average molecular weight is 464 g/mol. The number of amides is 1. The second-order valence-electron chi connectivity index (χ2n) is 8.70. The standard InChI is InChI=1S/C26H29N3O5/c1-5-17-18-9-16(34-15-27-14-31)7-8-22(18)28-24-19(17)11-29-23(24)10-21(26(3,6-2)13-30)20(12-33-4)25(29)32/h7-10,13-14H,5-6,11-12,15H2,1-4H3,(H,27,31). The Morgan fingerprint density at radius 3 is 2.65 bits per heavy atom. The summed E-state index contributed by atoms with van der Waals surface area (Å²) in [6.45, 7) is 6.49. The fraction of sp³-hybridized carbons (Fsp3) is 0.385. The molecule has 1 N–H and O–H groups in total. The fourth-order valence-corrected chi connectivity index (χ4v) is 4.71. The molecule has 0 spiro atoms. The molecule has 0 saturated carbocycles. The van der Waals surface area contributed by atoms with Crippen LogP contribution in [0.5, 0.6) is 5.75 Å². The van der Waals surface area contributed by atoms with Crippen molar-refractivity contribution in [3.8, 4) is 17.1 Å². The lowest BCUT2D eigenvalue weighted by Crippen LogP contribution is -2.32. The minimum absolute atomic E-state index is 0.0770. The predicted octanol–water partition coefficient (Wildman–Crippen LogP) is 3.08. The van der Waals surface area contributed by atoms with Crippen molar-refractivity contribution >= 4 is 23.6 Å². The summed E-state index contributed by atoms with van der Waals surface area (Å²) in [5.41, 5.74) is 4.65. The number of carbonyl (C=O) groups excluding carboxylic acids is 2. The summed E-state index contributed by atoms with van der Waals surface area (Å²) >= 11 is 0. The van der Waals surface area contributed by atoms with E-state index in [2.05, 4.69) is 12.2 Å². The van der Waals surface area contributed by atoms with Crippen molar-refractivity contribution in [1.29, 1.82) is 0 Å². The SMILES string of the molecule is CCc1c2c(nc3ccc(OCNC=O)cc13)-c1cc(C(C)(C=O)CC)c(COC)c(=O)n1C2. The highest BCUT2D eigenvalue weighted by Crippen LogP contribution is 2.39. The Hall–Kier alpha value is -3.52. The maximum Gasteiger partial charge on any atom is 0.257 e. The van der Waals surface area contributed by atoms with Crippen LogP contribution in [0.3, 0.4) is 0 Å². The van der Waals surface area contributed by atoms with Gasteiger partial charge in [0.2, 0.25) is 6.41 Å². The molecule has 0 radical (unpaired) electrons. The van der Waals surface area contributed by atoms with E-state index < -0.39 is 5.41 Å². The number of rotatable bonds is 10. The van der Waals surface area contributed by atoms with E-state index in [1.165, 1.54) is 0 Å². The normalized spacial score (nSPS) is 13.8. The first-order valence-corrected chi connectivity index (χ1v) is 11.4. The van der Waals surface area contributed by atoms with Crippen molar-refractivity contribution in [2.45, 2.75) is 52.2 Å². The van der Waals surface area contributed by atoms with Gasteiger partial charge >= 0.3 is 0 Å². The molecule has 1 unspecified atom stereocenters. The van der Waals surface area contributed by atoms with Crippen LogP contribution in [0, 0.1) is 0 Å². The zero-order valence-corrected chi connectivity index (χ0v) is 19.9. The van der Waals surface area contributed by atoms with Crippen molar-refractivity contribution in [1.82, 2.24) is 14.9 Å². The highest BCUT2D eigenvalue weighted by molar-refractivity contribution is 5.89. The average Bonchev–Trinajstić information content (AvgIpc) is 3.22. The van der Waals surface area contributed by atoms with E-state index in [0.29, 0.717) is 36.3 Å². The smallest absolute Gasteiger partial charge is 0.257 e. The first kappa shape index (κ1) is 23.6. The number of pyridine rings is 2. The van der Waals surface area contributed by atoms with Gasteiger partial charge in [0.25, 0.3) is 5.56 Å². The molecule has 178 valence electrons. The van der Waals surface area contributed by atoms with E-state index in [-0.39, 0.29) is 18.9 Å². The lowest BCUT2D eigenvalue weighted by Gasteiger charge is -2.25. The summed E-state index contributed by atoms with van der Waals surface area (Å²) in [7, 11) is 1.55. The zero-order chi connectivity index (χ0) is 24.5. The highest BCUT2D eigenvalue weighted by Gasteiger charge is 2.33. The third kappa shape index (κ3) is 3.77. The molecule has 1 aliphatic rings. The quantitative estimate of drug-likeness (QED) is 0.220. The lowest BCUT2D eigenvalue weighted by atomic mass is 9.79. The maximum atomic E-state index is 13.6. The topological polar surface area (TPSA) is 99.5 Å². The van der Waals surface area contributed by atoms with E-state index >= 15 is 0 Å². The van der Waals surface area contributed by atoms with Gasteiger partial charge in [-0.3, -0.25) is 9.59 Å². The van der Waals surface area contributed by atoms with Gasteiger partial charge in [-0.15, -0.1) is 0 Å². The number of hydrogen-bond donors (Lipinski definition) is 1. The number of aldehydes is 1. The number of benzene rings is 1. The first-order chi connectivity index (χ1) is 16.4. The number of aromatic nitrogens is 2. The van der Waals surface area contributed by atoms with Crippen molar-refractivity contribution in [2.24, 2.45) is 0 Å². The van der Waals surface area contributed by atoms with Crippen LogP contribution in [0.1, 0.15) is 49.4 Å². The van der Waals surface area contributed by atoms with Crippen LogP contribution < -0.4 is 15.6 Å². The summed E-state index contributed by atoms with van der Waals surface area (Å²) in [6.07, 6.45) is 2.82. The van der Waals surface area contributed by atoms with Crippen LogP contribution in [-0.4, -0.2) is 36.1 Å². The molecule has 0 bridgehead atoms. The van der Waals surface area contributed by atoms with Gasteiger partial charge in [-0.05, 0) is 55.2 Å². The summed E-state index contributed by atoms with van der Waals surface area (Å²) in [5, 5.41) is 3.44. The molecule has 1 atom stereocenters. The molecule has 0 saturated heterocycles. The predicted molar refractivity (Wildman–Crippen MR) is 129 cm³/mol. The molecule has 1 aliphatic heterocycles. The Balaban J connectivity index is 1.93. The lowest BCUT2D eigenvalue weighted by molar-refractivity contribution is -0.112. The van der Waals surface area contributed by atoms with Crippen molar-refractivity contribution in [3.05, 3.63) is 56.9 Å². The number of nitrogens with one attached hydrogen (secondary N) is 1. The van der Waals surface area contributed by atoms with Crippen LogP contribution in [0.25, 0.3) is 22.3 Å². The number of carbonyl (C=O) groups is 2. The van der Waals surface area contributed by atoms with Gasteiger partial charge in [0.1, 0.15) is 12.0 Å². The molecule has 1 amide bonds. The van der Waals surface area contributed by atoms with Gasteiger partial charge in [-0.25, -0.2) is 4.98 Å². The van der Waals surface area contributed by atoms with Gasteiger partial charge < -0.3 is 24.2 Å². The third-order valence-corrected chi connectivity index (χ3v) is 6.79. The molecule has 4 rings (SSSR count). The largest absolute Gasteiger partial charge is 0.473 e. The Morgan fingerprint density at radius 2 is 2.00 bits per heavy atom. The molecule has 8 nitrogen and oxygen atoms in total. The minimum Gasteiger partial charge on any atom is -0.473 e. The second kappa shape index (κ2) is 9.38. The van der Waals surface area contributed by atoms with Gasteiger partial charge in [-0.2, -0.15) is 0 Å². The van der Waals surface area contributed by atoms with Crippen molar-refractivity contribution < 1.29 is 19.1 Å². The van der Waals surface area contributed by atoms with Crippen molar-refractivity contribution in [3.63, 3.8) is 0 Å². The van der Waals surface area contributed by atoms with Crippen LogP contribution >= 0.6 is 0 Å². The summed E-state index contributed by atoms with van der Waals surface area (Å²) in [4.78, 5) is 41.1. The number of ether oxygens (including phenoxy) is 2. The molecular weight excluding hydrogens is 434 g/mol. The minimum atomic E-state index is -0.794. The maximum absolute atomic E-state index is 13.6. The van der Waals surface area contributed by atoms with E-state index in [1.807, 2.05) is 38.1 Å². The van der Waals surface area contributed by atoms with Crippen LogP contribution in [0.4, 0.5) is 0 Å². The first-order valence-electron chi connectivity index (χ1n) is 11.4. The second-order valence-corrected chi connectivity index (χ2v) is 8.70. The van der Waals surface area contributed by atoms with Gasteiger partial charge in [-0.1, -0.05) is 13.8 Å². The number of nitrogens with zero attached hydrogens (tertiary/aromatic N) is 2. The Morgan fingerprint density at radius 1 is 1.21 bits per heavy atom. The molecule has 3 heterocycles. The van der Waals surface area contributed by atoms with Crippen LogP contribution in [0.2, 0.25) is 0 Å². The molecule has 34 heavy (non-hydrogen) atoms.